The zero-order valence-corrected chi connectivity index (χ0v) is 18.5. The number of halogens is 1. The van der Waals surface area contributed by atoms with E-state index in [1.165, 1.54) is 4.31 Å². The molecule has 0 spiro atoms. The summed E-state index contributed by atoms with van der Waals surface area (Å²) in [6, 6.07) is 10.3. The number of fused-ring (bicyclic) bond motifs is 1. The number of ether oxygens (including phenoxy) is 1. The molecule has 0 saturated carbocycles. The van der Waals surface area contributed by atoms with Gasteiger partial charge in [0.15, 0.2) is 0 Å². The molecule has 0 unspecified atom stereocenters. The van der Waals surface area contributed by atoms with E-state index < -0.39 is 10.0 Å². The number of carbonyl (C=O) groups is 1. The molecule has 2 aromatic carbocycles. The molecule has 2 aliphatic rings. The van der Waals surface area contributed by atoms with Gasteiger partial charge in [0, 0.05) is 31.8 Å². The molecule has 0 radical (unpaired) electrons. The van der Waals surface area contributed by atoms with Gasteiger partial charge in [-0.2, -0.15) is 4.31 Å². The first-order chi connectivity index (χ1) is 14.3. The number of hydrogen-bond donors (Lipinski definition) is 1. The summed E-state index contributed by atoms with van der Waals surface area (Å²) in [5.74, 6) is -0.188. The molecule has 2 aliphatic heterocycles. The van der Waals surface area contributed by atoms with Crippen LogP contribution in [0.1, 0.15) is 12.8 Å². The molecule has 2 aromatic rings. The summed E-state index contributed by atoms with van der Waals surface area (Å²) in [5, 5.41) is 5.56. The molecule has 0 atom stereocenters. The predicted molar refractivity (Wildman–Crippen MR) is 116 cm³/mol. The van der Waals surface area contributed by atoms with Crippen molar-refractivity contribution in [3.63, 3.8) is 0 Å². The van der Waals surface area contributed by atoms with E-state index in [0.29, 0.717) is 18.1 Å². The maximum absolute atomic E-state index is 13.2. The zero-order chi connectivity index (χ0) is 21.4. The Labute approximate surface area is 182 Å². The van der Waals surface area contributed by atoms with Gasteiger partial charge in [-0.15, -0.1) is 0 Å². The van der Waals surface area contributed by atoms with E-state index in [4.69, 9.17) is 16.3 Å². The van der Waals surface area contributed by atoms with Crippen molar-refractivity contribution in [3.05, 3.63) is 41.4 Å². The lowest BCUT2D eigenvalue weighted by atomic mass is 9.91. The van der Waals surface area contributed by atoms with Crippen LogP contribution in [0.4, 0.5) is 0 Å². The normalized spacial score (nSPS) is 20.6. The van der Waals surface area contributed by atoms with Gasteiger partial charge in [0.2, 0.25) is 15.9 Å². The van der Waals surface area contributed by atoms with Gasteiger partial charge < -0.3 is 15.0 Å². The van der Waals surface area contributed by atoms with Crippen LogP contribution in [-0.4, -0.2) is 75.5 Å². The molecule has 0 aromatic heterocycles. The number of piperidine rings is 1. The third-order valence-electron chi connectivity index (χ3n) is 6.12. The highest BCUT2D eigenvalue weighted by atomic mass is 35.5. The van der Waals surface area contributed by atoms with Gasteiger partial charge in [0.1, 0.15) is 0 Å². The van der Waals surface area contributed by atoms with Gasteiger partial charge in [-0.3, -0.25) is 4.79 Å². The molecule has 7 nitrogen and oxygen atoms in total. The van der Waals surface area contributed by atoms with Gasteiger partial charge in [-0.1, -0.05) is 23.7 Å². The lowest BCUT2D eigenvalue weighted by molar-refractivity contribution is -0.140. The second-order valence-electron chi connectivity index (χ2n) is 7.94. The molecular weight excluding hydrogens is 426 g/mol. The van der Waals surface area contributed by atoms with Crippen LogP contribution < -0.4 is 5.32 Å². The van der Waals surface area contributed by atoms with Crippen molar-refractivity contribution in [2.24, 2.45) is 0 Å². The fourth-order valence-corrected chi connectivity index (χ4v) is 5.82. The fraction of sp³-hybridized carbons (Fsp3) is 0.476. The van der Waals surface area contributed by atoms with E-state index in [1.54, 1.807) is 48.4 Å². The van der Waals surface area contributed by atoms with Crippen LogP contribution in [0.15, 0.2) is 41.3 Å². The Kier molecular flexibility index (Phi) is 6.05. The Hall–Kier alpha value is -1.71. The maximum atomic E-state index is 13.2. The van der Waals surface area contributed by atoms with Crippen LogP contribution in [0.2, 0.25) is 5.02 Å². The lowest BCUT2D eigenvalue weighted by Gasteiger charge is -2.42. The first kappa shape index (κ1) is 21.5. The van der Waals surface area contributed by atoms with Gasteiger partial charge in [0.05, 0.1) is 17.0 Å². The first-order valence-electron chi connectivity index (χ1n) is 10.1. The van der Waals surface area contributed by atoms with Crippen molar-refractivity contribution in [1.82, 2.24) is 14.5 Å². The molecule has 2 fully saturated rings. The van der Waals surface area contributed by atoms with Gasteiger partial charge in [-0.05, 0) is 61.0 Å². The second-order valence-corrected chi connectivity index (χ2v) is 10.3. The Morgan fingerprint density at radius 2 is 1.80 bits per heavy atom. The van der Waals surface area contributed by atoms with Gasteiger partial charge >= 0.3 is 0 Å². The number of piperazine rings is 1. The number of sulfonamides is 1. The van der Waals surface area contributed by atoms with Gasteiger partial charge in [-0.25, -0.2) is 8.42 Å². The highest BCUT2D eigenvalue weighted by Gasteiger charge is 2.39. The maximum Gasteiger partial charge on any atom is 0.243 e. The van der Waals surface area contributed by atoms with Crippen LogP contribution in [0.25, 0.3) is 10.8 Å². The fourth-order valence-electron chi connectivity index (χ4n) is 4.22. The van der Waals surface area contributed by atoms with E-state index in [1.807, 2.05) is 0 Å². The third kappa shape index (κ3) is 4.20. The molecule has 0 bridgehead atoms. The highest BCUT2D eigenvalue weighted by Crippen LogP contribution is 2.27. The number of rotatable bonds is 5. The minimum absolute atomic E-state index is 0.154. The van der Waals surface area contributed by atoms with Crippen molar-refractivity contribution in [2.75, 3.05) is 46.4 Å². The topological polar surface area (TPSA) is 79.0 Å². The molecule has 162 valence electrons. The zero-order valence-electron chi connectivity index (χ0n) is 16.9. The van der Waals surface area contributed by atoms with Crippen LogP contribution in [0, 0.1) is 0 Å². The molecule has 2 heterocycles. The molecule has 30 heavy (non-hydrogen) atoms. The molecule has 1 amide bonds. The molecule has 2 saturated heterocycles. The Balaban J connectivity index is 1.49. The van der Waals surface area contributed by atoms with Crippen molar-refractivity contribution in [1.29, 1.82) is 0 Å². The quantitative estimate of drug-likeness (QED) is 0.753. The van der Waals surface area contributed by atoms with Crippen LogP contribution in [0.5, 0.6) is 0 Å². The summed E-state index contributed by atoms with van der Waals surface area (Å²) in [4.78, 5) is 14.7. The van der Waals surface area contributed by atoms with E-state index >= 15 is 0 Å². The number of carbonyl (C=O) groups excluding carboxylic acids is 1. The second kappa shape index (κ2) is 8.43. The average Bonchev–Trinajstić information content (AvgIpc) is 2.75. The molecule has 1 N–H and O–H groups in total. The van der Waals surface area contributed by atoms with E-state index in [9.17, 15) is 13.2 Å². The number of benzene rings is 2. The Morgan fingerprint density at radius 3 is 2.50 bits per heavy atom. The largest absolute Gasteiger partial charge is 0.376 e. The predicted octanol–water partition coefficient (Wildman–Crippen LogP) is 2.09. The molecular formula is C21H26ClN3O4S. The minimum atomic E-state index is -3.76. The summed E-state index contributed by atoms with van der Waals surface area (Å²) in [6.07, 6.45) is 1.66. The number of nitrogens with one attached hydrogen (secondary N) is 1. The van der Waals surface area contributed by atoms with Crippen molar-refractivity contribution in [2.45, 2.75) is 23.3 Å². The number of methoxy groups -OCH3 is 1. The number of amides is 1. The van der Waals surface area contributed by atoms with Crippen molar-refractivity contribution in [3.8, 4) is 0 Å². The summed E-state index contributed by atoms with van der Waals surface area (Å²) >= 11 is 6.01. The molecule has 0 aliphatic carbocycles. The van der Waals surface area contributed by atoms with Crippen molar-refractivity contribution >= 4 is 38.3 Å². The summed E-state index contributed by atoms with van der Waals surface area (Å²) < 4.78 is 33.3. The molecule has 9 heteroatoms. The Bertz CT molecular complexity index is 1050. The smallest absolute Gasteiger partial charge is 0.243 e. The Morgan fingerprint density at radius 1 is 1.10 bits per heavy atom. The summed E-state index contributed by atoms with van der Waals surface area (Å²) in [7, 11) is -2.08. The van der Waals surface area contributed by atoms with Crippen LogP contribution in [0.3, 0.4) is 0 Å². The summed E-state index contributed by atoms with van der Waals surface area (Å²) in [5.41, 5.74) is -0.360. The SMILES string of the molecule is COC1(CN2CCN(S(=O)(=O)c3ccc4cc(Cl)ccc4c3)CC2=O)CCNCC1. The lowest BCUT2D eigenvalue weighted by Crippen LogP contribution is -2.58. The van der Waals surface area contributed by atoms with Crippen LogP contribution in [-0.2, 0) is 19.6 Å². The standard InChI is InChI=1S/C21H26ClN3O4S/c1-29-21(6-8-23-9-7-21)15-24-10-11-25(14-20(24)26)30(27,28)19-5-3-16-12-18(22)4-2-17(16)13-19/h2-5,12-13,23H,6-11,14-15H2,1H3. The number of nitrogens with zero attached hydrogens (tertiary/aromatic N) is 2. The monoisotopic (exact) mass is 451 g/mol. The molecule has 4 rings (SSSR count). The van der Waals surface area contributed by atoms with E-state index in [0.717, 1.165) is 36.7 Å². The average molecular weight is 452 g/mol. The van der Waals surface area contributed by atoms with E-state index in [2.05, 4.69) is 5.32 Å². The van der Waals surface area contributed by atoms with Crippen LogP contribution >= 0.6 is 11.6 Å². The third-order valence-corrected chi connectivity index (χ3v) is 8.20. The van der Waals surface area contributed by atoms with E-state index in [-0.39, 0.29) is 29.5 Å². The first-order valence-corrected chi connectivity index (χ1v) is 11.9. The van der Waals surface area contributed by atoms with Crippen molar-refractivity contribution < 1.29 is 17.9 Å². The van der Waals surface area contributed by atoms with Gasteiger partial charge in [0.25, 0.3) is 0 Å². The summed E-state index contributed by atoms with van der Waals surface area (Å²) in [6.45, 7) is 2.67. The minimum Gasteiger partial charge on any atom is -0.376 e. The highest BCUT2D eigenvalue weighted by molar-refractivity contribution is 7.89. The number of hydrogen-bond acceptors (Lipinski definition) is 5.